The number of rotatable bonds is 4. The van der Waals surface area contributed by atoms with E-state index in [0.29, 0.717) is 21.6 Å². The Kier molecular flexibility index (Phi) is 5.36. The number of aromatic nitrogens is 1. The zero-order valence-electron chi connectivity index (χ0n) is 14.3. The minimum Gasteiger partial charge on any atom is -0.465 e. The van der Waals surface area contributed by atoms with Crippen molar-refractivity contribution in [2.75, 3.05) is 5.32 Å². The van der Waals surface area contributed by atoms with E-state index in [1.165, 1.54) is 0 Å². The van der Waals surface area contributed by atoms with E-state index in [0.717, 1.165) is 26.2 Å². The van der Waals surface area contributed by atoms with Gasteiger partial charge in [0.15, 0.2) is 4.34 Å². The third-order valence-corrected chi connectivity index (χ3v) is 6.66. The molecule has 0 aliphatic rings. The molecule has 0 saturated heterocycles. The van der Waals surface area contributed by atoms with Crippen molar-refractivity contribution in [2.45, 2.75) is 36.9 Å². The van der Waals surface area contributed by atoms with Gasteiger partial charge in [-0.3, -0.25) is 4.79 Å². The summed E-state index contributed by atoms with van der Waals surface area (Å²) in [7, 11) is 0. The van der Waals surface area contributed by atoms with Gasteiger partial charge in [0.1, 0.15) is 11.5 Å². The molecule has 1 aromatic carbocycles. The molecule has 7 heteroatoms. The Morgan fingerprint density at radius 3 is 2.56 bits per heavy atom. The van der Waals surface area contributed by atoms with Gasteiger partial charge >= 0.3 is 0 Å². The van der Waals surface area contributed by atoms with E-state index in [4.69, 9.17) is 4.42 Å². The van der Waals surface area contributed by atoms with Crippen molar-refractivity contribution in [3.8, 4) is 0 Å². The fourth-order valence-electron chi connectivity index (χ4n) is 2.42. The Bertz CT molecular complexity index is 947. The number of carbonyl (C=O) groups excluding carboxylic acids is 1. The van der Waals surface area contributed by atoms with Crippen LogP contribution in [0.2, 0.25) is 0 Å². The quantitative estimate of drug-likeness (QED) is 0.533. The lowest BCUT2D eigenvalue weighted by molar-refractivity contribution is 0.102. The Morgan fingerprint density at radius 2 is 2.00 bits per heavy atom. The molecule has 2 heterocycles. The second kappa shape index (κ2) is 7.35. The number of furan rings is 1. The van der Waals surface area contributed by atoms with E-state index in [1.54, 1.807) is 30.0 Å². The molecule has 3 aromatic rings. The molecule has 0 unspecified atom stereocenters. The number of aryl methyl sites for hydroxylation is 4. The van der Waals surface area contributed by atoms with Crippen molar-refractivity contribution < 1.29 is 9.21 Å². The fourth-order valence-corrected chi connectivity index (χ4v) is 4.87. The number of carbonyl (C=O) groups is 1. The van der Waals surface area contributed by atoms with Crippen LogP contribution in [0.25, 0.3) is 0 Å². The SMILES string of the molecule is Cc1csc(Sc2ccc(NC(=O)c3c(C)oc(C)c3Br)c(C)c2)n1. The van der Waals surface area contributed by atoms with Gasteiger partial charge in [0.25, 0.3) is 5.91 Å². The summed E-state index contributed by atoms with van der Waals surface area (Å²) in [4.78, 5) is 18.1. The van der Waals surface area contributed by atoms with Crippen molar-refractivity contribution in [3.05, 3.63) is 56.4 Å². The summed E-state index contributed by atoms with van der Waals surface area (Å²) in [5, 5.41) is 5.00. The third kappa shape index (κ3) is 3.99. The van der Waals surface area contributed by atoms with Gasteiger partial charge < -0.3 is 9.73 Å². The van der Waals surface area contributed by atoms with E-state index in [9.17, 15) is 4.79 Å². The molecule has 2 aromatic heterocycles. The summed E-state index contributed by atoms with van der Waals surface area (Å²) < 4.78 is 7.22. The molecule has 0 aliphatic heterocycles. The molecule has 0 atom stereocenters. The largest absolute Gasteiger partial charge is 0.465 e. The van der Waals surface area contributed by atoms with Gasteiger partial charge in [-0.25, -0.2) is 4.98 Å². The number of anilines is 1. The number of hydrogen-bond donors (Lipinski definition) is 1. The van der Waals surface area contributed by atoms with Crippen LogP contribution in [0.15, 0.2) is 41.7 Å². The van der Waals surface area contributed by atoms with Crippen LogP contribution in [-0.4, -0.2) is 10.9 Å². The second-order valence-corrected chi connectivity index (χ2v) is 8.66. The van der Waals surface area contributed by atoms with Gasteiger partial charge in [-0.2, -0.15) is 0 Å². The number of thiazole rings is 1. The molecule has 0 aliphatic carbocycles. The van der Waals surface area contributed by atoms with Gasteiger partial charge in [0.2, 0.25) is 0 Å². The second-order valence-electron chi connectivity index (χ2n) is 5.69. The predicted molar refractivity (Wildman–Crippen MR) is 106 cm³/mol. The molecule has 0 radical (unpaired) electrons. The molecule has 0 bridgehead atoms. The van der Waals surface area contributed by atoms with Crippen LogP contribution in [0.5, 0.6) is 0 Å². The molecule has 1 amide bonds. The summed E-state index contributed by atoms with van der Waals surface area (Å²) in [6, 6.07) is 5.97. The van der Waals surface area contributed by atoms with Crippen molar-refractivity contribution in [1.82, 2.24) is 4.98 Å². The van der Waals surface area contributed by atoms with Gasteiger partial charge in [-0.15, -0.1) is 11.3 Å². The lowest BCUT2D eigenvalue weighted by Crippen LogP contribution is -2.13. The van der Waals surface area contributed by atoms with Crippen LogP contribution in [0.4, 0.5) is 5.69 Å². The summed E-state index contributed by atoms with van der Waals surface area (Å²) in [5.74, 6) is 1.12. The van der Waals surface area contributed by atoms with E-state index in [-0.39, 0.29) is 5.91 Å². The standard InChI is InChI=1S/C18H17BrN2O2S2/c1-9-7-13(25-18-20-10(2)8-24-18)5-6-14(9)21-17(22)15-11(3)23-12(4)16(15)19/h5-8H,1-4H3,(H,21,22). The van der Waals surface area contributed by atoms with Crippen LogP contribution >= 0.6 is 39.0 Å². The average molecular weight is 437 g/mol. The number of benzene rings is 1. The number of nitrogens with one attached hydrogen (secondary N) is 1. The first kappa shape index (κ1) is 18.2. The highest BCUT2D eigenvalue weighted by Gasteiger charge is 2.20. The number of nitrogens with zero attached hydrogens (tertiary/aromatic N) is 1. The maximum Gasteiger partial charge on any atom is 0.260 e. The molecule has 3 rings (SSSR count). The molecule has 0 spiro atoms. The maximum atomic E-state index is 12.6. The van der Waals surface area contributed by atoms with Gasteiger partial charge in [-0.05, 0) is 67.4 Å². The lowest BCUT2D eigenvalue weighted by Gasteiger charge is -2.10. The highest BCUT2D eigenvalue weighted by molar-refractivity contribution is 9.10. The van der Waals surface area contributed by atoms with E-state index in [1.807, 2.05) is 38.3 Å². The summed E-state index contributed by atoms with van der Waals surface area (Å²) >= 11 is 6.68. The topological polar surface area (TPSA) is 55.1 Å². The zero-order chi connectivity index (χ0) is 18.1. The van der Waals surface area contributed by atoms with Crippen LogP contribution in [-0.2, 0) is 0 Å². The highest BCUT2D eigenvalue weighted by atomic mass is 79.9. The number of amides is 1. The third-order valence-electron chi connectivity index (χ3n) is 3.66. The van der Waals surface area contributed by atoms with Gasteiger partial charge in [0, 0.05) is 21.7 Å². The van der Waals surface area contributed by atoms with E-state index < -0.39 is 0 Å². The van der Waals surface area contributed by atoms with Crippen LogP contribution in [0.1, 0.15) is 33.1 Å². The molecule has 4 nitrogen and oxygen atoms in total. The first-order valence-corrected chi connectivity index (χ1v) is 10.1. The van der Waals surface area contributed by atoms with Gasteiger partial charge in [0.05, 0.1) is 10.0 Å². The fraction of sp³-hybridized carbons (Fsp3) is 0.222. The normalized spacial score (nSPS) is 10.9. The van der Waals surface area contributed by atoms with Crippen LogP contribution in [0, 0.1) is 27.7 Å². The Morgan fingerprint density at radius 1 is 1.24 bits per heavy atom. The van der Waals surface area contributed by atoms with Crippen LogP contribution in [0.3, 0.4) is 0 Å². The Labute approximate surface area is 163 Å². The molecule has 0 fully saturated rings. The first-order valence-electron chi connectivity index (χ1n) is 7.62. The molecule has 0 saturated carbocycles. The predicted octanol–water partition coefficient (Wildman–Crippen LogP) is 6.14. The highest BCUT2D eigenvalue weighted by Crippen LogP contribution is 2.33. The Balaban J connectivity index is 1.78. The minimum absolute atomic E-state index is 0.180. The zero-order valence-corrected chi connectivity index (χ0v) is 17.5. The molecular formula is C18H17BrN2O2S2. The van der Waals surface area contributed by atoms with Crippen molar-refractivity contribution in [2.24, 2.45) is 0 Å². The number of hydrogen-bond acceptors (Lipinski definition) is 5. The summed E-state index contributed by atoms with van der Waals surface area (Å²) in [5.41, 5.74) is 3.36. The molecular weight excluding hydrogens is 420 g/mol. The number of halogens is 1. The van der Waals surface area contributed by atoms with Crippen LogP contribution < -0.4 is 5.32 Å². The van der Waals surface area contributed by atoms with Crippen molar-refractivity contribution in [1.29, 1.82) is 0 Å². The minimum atomic E-state index is -0.180. The van der Waals surface area contributed by atoms with Crippen molar-refractivity contribution >= 4 is 50.6 Å². The maximum absolute atomic E-state index is 12.6. The lowest BCUT2D eigenvalue weighted by atomic mass is 10.1. The van der Waals surface area contributed by atoms with E-state index in [2.05, 4.69) is 32.3 Å². The van der Waals surface area contributed by atoms with Crippen molar-refractivity contribution in [3.63, 3.8) is 0 Å². The Hall–Kier alpha value is -1.57. The summed E-state index contributed by atoms with van der Waals surface area (Å²) in [6.45, 7) is 7.58. The molecule has 130 valence electrons. The molecule has 25 heavy (non-hydrogen) atoms. The first-order chi connectivity index (χ1) is 11.8. The van der Waals surface area contributed by atoms with E-state index >= 15 is 0 Å². The smallest absolute Gasteiger partial charge is 0.260 e. The molecule has 1 N–H and O–H groups in total. The summed E-state index contributed by atoms with van der Waals surface area (Å²) in [6.07, 6.45) is 0. The van der Waals surface area contributed by atoms with Gasteiger partial charge in [-0.1, -0.05) is 11.8 Å². The average Bonchev–Trinajstić information content (AvgIpc) is 3.05. The monoisotopic (exact) mass is 436 g/mol.